The number of amides is 1. The Kier molecular flexibility index (Phi) is 4.44. The zero-order valence-electron chi connectivity index (χ0n) is 14.4. The zero-order chi connectivity index (χ0) is 19.0. The van der Waals surface area contributed by atoms with Crippen molar-refractivity contribution < 1.29 is 13.6 Å². The third-order valence-corrected chi connectivity index (χ3v) is 4.65. The highest BCUT2D eigenvalue weighted by Gasteiger charge is 2.23. The monoisotopic (exact) mass is 373 g/mol. The van der Waals surface area contributed by atoms with Gasteiger partial charge in [-0.1, -0.05) is 6.07 Å². The van der Waals surface area contributed by atoms with E-state index < -0.39 is 11.6 Å². The van der Waals surface area contributed by atoms with Gasteiger partial charge >= 0.3 is 5.69 Å². The minimum Gasteiger partial charge on any atom is -0.336 e. The second-order valence-electron chi connectivity index (χ2n) is 6.39. The van der Waals surface area contributed by atoms with Gasteiger partial charge in [0.2, 0.25) is 0 Å². The standard InChI is InChI=1S/C18H17F2N5O2/c19-14-5-4-13(11-15(14)20)17(26)23-9-7-22(8-10-23)12-25-18(27)24-6-2-1-3-16(24)21-25/h1-6,11H,7-10,12H2. The van der Waals surface area contributed by atoms with Gasteiger partial charge in [-0.3, -0.25) is 14.1 Å². The predicted octanol–water partition coefficient (Wildman–Crippen LogP) is 1.19. The second kappa shape index (κ2) is 6.92. The van der Waals surface area contributed by atoms with E-state index in [9.17, 15) is 18.4 Å². The number of hydrogen-bond donors (Lipinski definition) is 0. The van der Waals surface area contributed by atoms with Gasteiger partial charge in [0.05, 0.1) is 6.67 Å². The Balaban J connectivity index is 1.41. The smallest absolute Gasteiger partial charge is 0.336 e. The summed E-state index contributed by atoms with van der Waals surface area (Å²) in [5, 5.41) is 4.29. The summed E-state index contributed by atoms with van der Waals surface area (Å²) in [7, 11) is 0. The molecule has 1 aromatic carbocycles. The van der Waals surface area contributed by atoms with Crippen LogP contribution in [0.2, 0.25) is 0 Å². The van der Waals surface area contributed by atoms with Gasteiger partial charge in [0.25, 0.3) is 5.91 Å². The normalized spacial score (nSPS) is 15.4. The van der Waals surface area contributed by atoms with Crippen LogP contribution >= 0.6 is 0 Å². The lowest BCUT2D eigenvalue weighted by Crippen LogP contribution is -2.49. The molecule has 0 bridgehead atoms. The van der Waals surface area contributed by atoms with E-state index in [1.807, 2.05) is 11.0 Å². The van der Waals surface area contributed by atoms with Crippen LogP contribution in [-0.4, -0.2) is 56.1 Å². The van der Waals surface area contributed by atoms with Gasteiger partial charge in [-0.05, 0) is 30.3 Å². The number of aromatic nitrogens is 3. The highest BCUT2D eigenvalue weighted by Crippen LogP contribution is 2.13. The molecular formula is C18H17F2N5O2. The van der Waals surface area contributed by atoms with Crippen LogP contribution in [0.5, 0.6) is 0 Å². The summed E-state index contributed by atoms with van der Waals surface area (Å²) in [5.74, 6) is -2.35. The summed E-state index contributed by atoms with van der Waals surface area (Å²) < 4.78 is 29.2. The number of carbonyl (C=O) groups is 1. The summed E-state index contributed by atoms with van der Waals surface area (Å²) in [6, 6.07) is 8.49. The maximum Gasteiger partial charge on any atom is 0.351 e. The molecule has 3 aromatic rings. The number of halogens is 2. The average Bonchev–Trinajstić information content (AvgIpc) is 3.00. The topological polar surface area (TPSA) is 62.9 Å². The van der Waals surface area contributed by atoms with E-state index in [1.54, 1.807) is 23.2 Å². The fourth-order valence-electron chi connectivity index (χ4n) is 3.15. The fraction of sp³-hybridized carbons (Fsp3) is 0.278. The van der Waals surface area contributed by atoms with Crippen LogP contribution in [0.15, 0.2) is 47.4 Å². The van der Waals surface area contributed by atoms with Gasteiger partial charge in [0.15, 0.2) is 17.3 Å². The van der Waals surface area contributed by atoms with E-state index in [-0.39, 0.29) is 17.2 Å². The molecular weight excluding hydrogens is 356 g/mol. The first kappa shape index (κ1) is 17.3. The van der Waals surface area contributed by atoms with Crippen molar-refractivity contribution in [3.63, 3.8) is 0 Å². The third-order valence-electron chi connectivity index (χ3n) is 4.65. The highest BCUT2D eigenvalue weighted by atomic mass is 19.2. The van der Waals surface area contributed by atoms with Crippen molar-refractivity contribution in [1.29, 1.82) is 0 Å². The molecule has 0 aliphatic carbocycles. The maximum absolute atomic E-state index is 13.3. The van der Waals surface area contributed by atoms with E-state index in [1.165, 1.54) is 15.1 Å². The Bertz CT molecular complexity index is 1050. The van der Waals surface area contributed by atoms with Gasteiger partial charge in [-0.25, -0.2) is 13.6 Å². The molecule has 1 amide bonds. The third kappa shape index (κ3) is 3.33. The Morgan fingerprint density at radius 3 is 2.52 bits per heavy atom. The van der Waals surface area contributed by atoms with Crippen LogP contribution in [0.4, 0.5) is 8.78 Å². The van der Waals surface area contributed by atoms with Gasteiger partial charge < -0.3 is 4.90 Å². The second-order valence-corrected chi connectivity index (χ2v) is 6.39. The van der Waals surface area contributed by atoms with Crippen LogP contribution in [0.25, 0.3) is 5.65 Å². The van der Waals surface area contributed by atoms with Crippen LogP contribution in [0.3, 0.4) is 0 Å². The molecule has 0 saturated carbocycles. The van der Waals surface area contributed by atoms with Crippen molar-refractivity contribution in [3.05, 3.63) is 70.3 Å². The lowest BCUT2D eigenvalue weighted by Gasteiger charge is -2.34. The molecule has 2 aromatic heterocycles. The molecule has 0 radical (unpaired) electrons. The van der Waals surface area contributed by atoms with Gasteiger partial charge in [-0.2, -0.15) is 4.68 Å². The van der Waals surface area contributed by atoms with Crippen molar-refractivity contribution >= 4 is 11.6 Å². The molecule has 140 valence electrons. The molecule has 3 heterocycles. The number of pyridine rings is 1. The van der Waals surface area contributed by atoms with Crippen molar-refractivity contribution in [2.75, 3.05) is 26.2 Å². The number of rotatable bonds is 3. The van der Waals surface area contributed by atoms with Crippen molar-refractivity contribution in [3.8, 4) is 0 Å². The maximum atomic E-state index is 13.3. The summed E-state index contributed by atoms with van der Waals surface area (Å²) >= 11 is 0. The minimum absolute atomic E-state index is 0.124. The van der Waals surface area contributed by atoms with E-state index >= 15 is 0 Å². The van der Waals surface area contributed by atoms with Crippen molar-refractivity contribution in [1.82, 2.24) is 24.0 Å². The molecule has 1 aliphatic heterocycles. The molecule has 4 rings (SSSR count). The number of carbonyl (C=O) groups excluding carboxylic acids is 1. The lowest BCUT2D eigenvalue weighted by atomic mass is 10.1. The van der Waals surface area contributed by atoms with Crippen LogP contribution in [0, 0.1) is 11.6 Å². The number of fused-ring (bicyclic) bond motifs is 1. The Morgan fingerprint density at radius 2 is 1.81 bits per heavy atom. The summed E-state index contributed by atoms with van der Waals surface area (Å²) in [6.07, 6.45) is 1.67. The predicted molar refractivity (Wildman–Crippen MR) is 93.3 cm³/mol. The first-order chi connectivity index (χ1) is 13.0. The van der Waals surface area contributed by atoms with Gasteiger partial charge in [0, 0.05) is 37.9 Å². The lowest BCUT2D eigenvalue weighted by molar-refractivity contribution is 0.0583. The molecule has 1 saturated heterocycles. The molecule has 1 aliphatic rings. The summed E-state index contributed by atoms with van der Waals surface area (Å²) in [4.78, 5) is 28.4. The largest absolute Gasteiger partial charge is 0.351 e. The molecule has 0 atom stereocenters. The quantitative estimate of drug-likeness (QED) is 0.692. The molecule has 27 heavy (non-hydrogen) atoms. The van der Waals surface area contributed by atoms with Crippen LogP contribution in [0.1, 0.15) is 10.4 Å². The SMILES string of the molecule is O=C(c1ccc(F)c(F)c1)N1CCN(Cn2nc3ccccn3c2=O)CC1. The molecule has 7 nitrogen and oxygen atoms in total. The molecule has 0 N–H and O–H groups in total. The highest BCUT2D eigenvalue weighted by molar-refractivity contribution is 5.94. The van der Waals surface area contributed by atoms with Crippen LogP contribution < -0.4 is 5.69 Å². The first-order valence-electron chi connectivity index (χ1n) is 8.54. The number of hydrogen-bond acceptors (Lipinski definition) is 4. The van der Waals surface area contributed by atoms with E-state index in [2.05, 4.69) is 5.10 Å². The Hall–Kier alpha value is -3.07. The van der Waals surface area contributed by atoms with E-state index in [0.29, 0.717) is 38.5 Å². The van der Waals surface area contributed by atoms with Crippen LogP contribution in [-0.2, 0) is 6.67 Å². The molecule has 0 unspecified atom stereocenters. The fourth-order valence-corrected chi connectivity index (χ4v) is 3.15. The van der Waals surface area contributed by atoms with Crippen molar-refractivity contribution in [2.24, 2.45) is 0 Å². The number of nitrogens with zero attached hydrogens (tertiary/aromatic N) is 5. The average molecular weight is 373 g/mol. The zero-order valence-corrected chi connectivity index (χ0v) is 14.4. The number of benzene rings is 1. The van der Waals surface area contributed by atoms with Gasteiger partial charge in [0.1, 0.15) is 0 Å². The molecule has 1 fully saturated rings. The first-order valence-corrected chi connectivity index (χ1v) is 8.54. The summed E-state index contributed by atoms with van der Waals surface area (Å²) in [6.45, 7) is 2.29. The Labute approximate surface area is 153 Å². The minimum atomic E-state index is -1.04. The molecule has 9 heteroatoms. The molecule has 0 spiro atoms. The van der Waals surface area contributed by atoms with E-state index in [0.717, 1.165) is 12.1 Å². The Morgan fingerprint density at radius 1 is 1.04 bits per heavy atom. The van der Waals surface area contributed by atoms with E-state index in [4.69, 9.17) is 0 Å². The summed E-state index contributed by atoms with van der Waals surface area (Å²) in [5.41, 5.74) is 0.486. The van der Waals surface area contributed by atoms with Crippen molar-refractivity contribution in [2.45, 2.75) is 6.67 Å². The number of piperazine rings is 1. The van der Waals surface area contributed by atoms with Gasteiger partial charge in [-0.15, -0.1) is 5.10 Å².